The van der Waals surface area contributed by atoms with Crippen molar-refractivity contribution in [3.05, 3.63) is 38.8 Å². The van der Waals surface area contributed by atoms with Gasteiger partial charge in [-0.3, -0.25) is 4.68 Å². The zero-order valence-corrected chi connectivity index (χ0v) is 13.1. The minimum absolute atomic E-state index is 0.700. The summed E-state index contributed by atoms with van der Waals surface area (Å²) in [5.74, 6) is 0.700. The molecule has 2 heterocycles. The third-order valence-corrected chi connectivity index (χ3v) is 3.97. The number of thiophene rings is 1. The molecule has 0 fully saturated rings. The summed E-state index contributed by atoms with van der Waals surface area (Å²) < 4.78 is 2.97. The fraction of sp³-hybridized carbons (Fsp3) is 0.462. The first-order valence-electron chi connectivity index (χ1n) is 6.10. The molecule has 2 rings (SSSR count). The maximum Gasteiger partial charge on any atom is 0.0752 e. The summed E-state index contributed by atoms with van der Waals surface area (Å²) in [5, 5.41) is 7.73. The molecule has 18 heavy (non-hydrogen) atoms. The number of nitrogens with one attached hydrogen (secondary N) is 1. The number of aromatic nitrogens is 2. The molecule has 0 spiro atoms. The van der Waals surface area contributed by atoms with Gasteiger partial charge in [-0.2, -0.15) is 5.10 Å². The van der Waals surface area contributed by atoms with Crippen molar-refractivity contribution in [3.63, 3.8) is 0 Å². The van der Waals surface area contributed by atoms with Crippen LogP contribution in [0.4, 0.5) is 0 Å². The van der Waals surface area contributed by atoms with Crippen LogP contribution in [0.2, 0.25) is 0 Å². The van der Waals surface area contributed by atoms with E-state index in [4.69, 9.17) is 0 Å². The van der Waals surface area contributed by atoms with Gasteiger partial charge in [0.2, 0.25) is 0 Å². The van der Waals surface area contributed by atoms with Crippen molar-refractivity contribution in [1.82, 2.24) is 15.1 Å². The molecule has 2 aromatic heterocycles. The van der Waals surface area contributed by atoms with Crippen molar-refractivity contribution < 1.29 is 0 Å². The number of hydrogen-bond donors (Lipinski definition) is 1. The van der Waals surface area contributed by atoms with Gasteiger partial charge in [0.25, 0.3) is 0 Å². The van der Waals surface area contributed by atoms with E-state index in [0.29, 0.717) is 5.92 Å². The Morgan fingerprint density at radius 1 is 1.39 bits per heavy atom. The van der Waals surface area contributed by atoms with Crippen LogP contribution in [0.3, 0.4) is 0 Å². The Labute approximate surface area is 120 Å². The van der Waals surface area contributed by atoms with Crippen molar-refractivity contribution in [1.29, 1.82) is 0 Å². The Kier molecular flexibility index (Phi) is 4.97. The molecular formula is C13H18BrN3S. The second-order valence-corrected chi connectivity index (χ2v) is 6.92. The van der Waals surface area contributed by atoms with Gasteiger partial charge in [0.05, 0.1) is 17.2 Å². The molecule has 0 radical (unpaired) electrons. The lowest BCUT2D eigenvalue weighted by Gasteiger charge is -2.05. The van der Waals surface area contributed by atoms with Crippen LogP contribution in [0.5, 0.6) is 0 Å². The average molecular weight is 328 g/mol. The molecule has 5 heteroatoms. The average Bonchev–Trinajstić information content (AvgIpc) is 2.89. The molecule has 0 atom stereocenters. The van der Waals surface area contributed by atoms with Crippen LogP contribution >= 0.6 is 27.3 Å². The highest BCUT2D eigenvalue weighted by molar-refractivity contribution is 9.10. The minimum Gasteiger partial charge on any atom is -0.312 e. The van der Waals surface area contributed by atoms with Crippen molar-refractivity contribution in [3.8, 4) is 0 Å². The van der Waals surface area contributed by atoms with Gasteiger partial charge in [-0.15, -0.1) is 11.3 Å². The Morgan fingerprint density at radius 3 is 2.83 bits per heavy atom. The molecule has 0 aliphatic carbocycles. The predicted octanol–water partition coefficient (Wildman–Crippen LogP) is 3.50. The standard InChI is InChI=1S/C13H18BrN3S/c1-10(2)5-15-7-12-3-4-13(18-12)9-17-8-11(14)6-16-17/h3-4,6,8,10,15H,5,7,9H2,1-2H3. The minimum atomic E-state index is 0.700. The topological polar surface area (TPSA) is 29.9 Å². The second-order valence-electron chi connectivity index (χ2n) is 4.75. The summed E-state index contributed by atoms with van der Waals surface area (Å²) >= 11 is 5.26. The maximum absolute atomic E-state index is 4.27. The van der Waals surface area contributed by atoms with E-state index >= 15 is 0 Å². The largest absolute Gasteiger partial charge is 0.312 e. The van der Waals surface area contributed by atoms with E-state index < -0.39 is 0 Å². The van der Waals surface area contributed by atoms with E-state index in [2.05, 4.69) is 52.3 Å². The Morgan fingerprint density at radius 2 is 2.17 bits per heavy atom. The Balaban J connectivity index is 1.86. The van der Waals surface area contributed by atoms with Crippen LogP contribution < -0.4 is 5.32 Å². The molecular weight excluding hydrogens is 310 g/mol. The van der Waals surface area contributed by atoms with Gasteiger partial charge in [0.15, 0.2) is 0 Å². The van der Waals surface area contributed by atoms with Crippen LogP contribution in [-0.4, -0.2) is 16.3 Å². The first kappa shape index (κ1) is 13.8. The predicted molar refractivity (Wildman–Crippen MR) is 79.9 cm³/mol. The van der Waals surface area contributed by atoms with Crippen molar-refractivity contribution >= 4 is 27.3 Å². The first-order chi connectivity index (χ1) is 8.63. The molecule has 1 N–H and O–H groups in total. The lowest BCUT2D eigenvalue weighted by molar-refractivity contribution is 0.555. The van der Waals surface area contributed by atoms with Gasteiger partial charge >= 0.3 is 0 Å². The fourth-order valence-electron chi connectivity index (χ4n) is 1.67. The number of halogens is 1. The zero-order chi connectivity index (χ0) is 13.0. The molecule has 0 bridgehead atoms. The number of nitrogens with zero attached hydrogens (tertiary/aromatic N) is 2. The van der Waals surface area contributed by atoms with Crippen molar-refractivity contribution in [2.24, 2.45) is 5.92 Å². The normalized spacial score (nSPS) is 11.3. The molecule has 0 saturated carbocycles. The quantitative estimate of drug-likeness (QED) is 0.879. The summed E-state index contributed by atoms with van der Waals surface area (Å²) in [6.07, 6.45) is 3.81. The zero-order valence-electron chi connectivity index (χ0n) is 10.7. The van der Waals surface area contributed by atoms with E-state index in [-0.39, 0.29) is 0 Å². The summed E-state index contributed by atoms with van der Waals surface area (Å²) in [4.78, 5) is 2.73. The van der Waals surface area contributed by atoms with Crippen LogP contribution in [0.15, 0.2) is 29.0 Å². The molecule has 0 saturated heterocycles. The van der Waals surface area contributed by atoms with E-state index in [9.17, 15) is 0 Å². The first-order valence-corrected chi connectivity index (χ1v) is 7.70. The van der Waals surface area contributed by atoms with Gasteiger partial charge in [0.1, 0.15) is 0 Å². The summed E-state index contributed by atoms with van der Waals surface area (Å²) in [6, 6.07) is 4.39. The Bertz CT molecular complexity index is 490. The summed E-state index contributed by atoms with van der Waals surface area (Å²) in [6.45, 7) is 7.33. The van der Waals surface area contributed by atoms with Crippen LogP contribution in [0.1, 0.15) is 23.6 Å². The molecule has 0 aromatic carbocycles. The Hall–Kier alpha value is -0.650. The monoisotopic (exact) mass is 327 g/mol. The third-order valence-electron chi connectivity index (χ3n) is 2.49. The van der Waals surface area contributed by atoms with E-state index in [1.165, 1.54) is 9.75 Å². The summed E-state index contributed by atoms with van der Waals surface area (Å²) in [5.41, 5.74) is 0. The lowest BCUT2D eigenvalue weighted by Crippen LogP contribution is -2.18. The lowest BCUT2D eigenvalue weighted by atomic mass is 10.2. The second kappa shape index (κ2) is 6.50. The highest BCUT2D eigenvalue weighted by Gasteiger charge is 2.02. The van der Waals surface area contributed by atoms with Crippen molar-refractivity contribution in [2.75, 3.05) is 6.54 Å². The molecule has 0 aliphatic rings. The van der Waals surface area contributed by atoms with Crippen LogP contribution in [-0.2, 0) is 13.1 Å². The highest BCUT2D eigenvalue weighted by Crippen LogP contribution is 2.18. The fourth-order valence-corrected chi connectivity index (χ4v) is 2.98. The smallest absolute Gasteiger partial charge is 0.0752 e. The van der Waals surface area contributed by atoms with Crippen LogP contribution in [0, 0.1) is 5.92 Å². The van der Waals surface area contributed by atoms with E-state index in [0.717, 1.165) is 24.1 Å². The van der Waals surface area contributed by atoms with Gasteiger partial charge in [-0.1, -0.05) is 13.8 Å². The van der Waals surface area contributed by atoms with Gasteiger partial charge in [-0.25, -0.2) is 0 Å². The number of rotatable bonds is 6. The molecule has 0 aliphatic heterocycles. The van der Waals surface area contributed by atoms with Crippen LogP contribution in [0.25, 0.3) is 0 Å². The summed E-state index contributed by atoms with van der Waals surface area (Å²) in [7, 11) is 0. The molecule has 98 valence electrons. The van der Waals surface area contributed by atoms with Gasteiger partial charge in [-0.05, 0) is 40.5 Å². The molecule has 2 aromatic rings. The molecule has 3 nitrogen and oxygen atoms in total. The van der Waals surface area contributed by atoms with E-state index in [1.807, 2.05) is 28.4 Å². The van der Waals surface area contributed by atoms with Gasteiger partial charge in [0, 0.05) is 22.5 Å². The maximum atomic E-state index is 4.27. The number of hydrogen-bond acceptors (Lipinski definition) is 3. The molecule has 0 amide bonds. The van der Waals surface area contributed by atoms with E-state index in [1.54, 1.807) is 0 Å². The third kappa shape index (κ3) is 4.23. The molecule has 0 unspecified atom stereocenters. The highest BCUT2D eigenvalue weighted by atomic mass is 79.9. The van der Waals surface area contributed by atoms with Gasteiger partial charge < -0.3 is 5.32 Å². The van der Waals surface area contributed by atoms with Crippen molar-refractivity contribution in [2.45, 2.75) is 26.9 Å². The SMILES string of the molecule is CC(C)CNCc1ccc(Cn2cc(Br)cn2)s1.